The van der Waals surface area contributed by atoms with Gasteiger partial charge in [-0.25, -0.2) is 14.8 Å². The Balaban J connectivity index is 2.18. The first-order valence-electron chi connectivity index (χ1n) is 5.25. The average Bonchev–Trinajstić information content (AvgIpc) is 2.39. The Labute approximate surface area is 97.5 Å². The summed E-state index contributed by atoms with van der Waals surface area (Å²) in [5, 5.41) is 11.9. The van der Waals surface area contributed by atoms with Gasteiger partial charge in [-0.1, -0.05) is 0 Å². The molecule has 0 aliphatic carbocycles. The highest BCUT2D eigenvalue weighted by Gasteiger charge is 2.20. The maximum atomic E-state index is 12.0. The van der Waals surface area contributed by atoms with Crippen molar-refractivity contribution < 1.29 is 14.7 Å². The molecule has 1 amide bonds. The van der Waals surface area contributed by atoms with Crippen molar-refractivity contribution in [1.82, 2.24) is 20.2 Å². The van der Waals surface area contributed by atoms with Gasteiger partial charge in [0.2, 0.25) is 5.82 Å². The molecule has 1 aliphatic rings. The summed E-state index contributed by atoms with van der Waals surface area (Å²) in [6, 6.07) is 1.43. The summed E-state index contributed by atoms with van der Waals surface area (Å²) < 4.78 is 0. The van der Waals surface area contributed by atoms with Gasteiger partial charge in [0.05, 0.1) is 0 Å². The summed E-state index contributed by atoms with van der Waals surface area (Å²) in [4.78, 5) is 31.6. The number of carbonyl (C=O) groups is 2. The predicted molar refractivity (Wildman–Crippen MR) is 57.8 cm³/mol. The van der Waals surface area contributed by atoms with Crippen LogP contribution in [-0.4, -0.2) is 58.0 Å². The van der Waals surface area contributed by atoms with E-state index in [0.29, 0.717) is 13.1 Å². The third kappa shape index (κ3) is 2.56. The van der Waals surface area contributed by atoms with Crippen LogP contribution in [0.5, 0.6) is 0 Å². The standard InChI is InChI=1S/C10H12N4O3/c15-9(14-5-3-11-4-6-14)7-1-2-12-8(13-7)10(16)17/h1-2,11H,3-6H2,(H,16,17). The van der Waals surface area contributed by atoms with Crippen molar-refractivity contribution in [2.24, 2.45) is 0 Å². The van der Waals surface area contributed by atoms with E-state index in [1.807, 2.05) is 0 Å². The lowest BCUT2D eigenvalue weighted by molar-refractivity contribution is 0.0682. The third-order valence-electron chi connectivity index (χ3n) is 2.47. The Morgan fingerprint density at radius 1 is 1.35 bits per heavy atom. The monoisotopic (exact) mass is 236 g/mol. The summed E-state index contributed by atoms with van der Waals surface area (Å²) in [7, 11) is 0. The minimum absolute atomic E-state index is 0.124. The van der Waals surface area contributed by atoms with Crippen LogP contribution in [-0.2, 0) is 0 Å². The Morgan fingerprint density at radius 2 is 2.06 bits per heavy atom. The summed E-state index contributed by atoms with van der Waals surface area (Å²) >= 11 is 0. The molecule has 7 heteroatoms. The van der Waals surface area contributed by atoms with Crippen molar-refractivity contribution in [1.29, 1.82) is 0 Å². The predicted octanol–water partition coefficient (Wildman–Crippen LogP) is -0.780. The van der Waals surface area contributed by atoms with Crippen LogP contribution in [0.2, 0.25) is 0 Å². The molecule has 0 bridgehead atoms. The van der Waals surface area contributed by atoms with Crippen molar-refractivity contribution in [2.45, 2.75) is 0 Å². The fourth-order valence-corrected chi connectivity index (χ4v) is 1.61. The number of rotatable bonds is 2. The van der Waals surface area contributed by atoms with Gasteiger partial charge in [0.1, 0.15) is 5.69 Å². The second-order valence-electron chi connectivity index (χ2n) is 3.61. The summed E-state index contributed by atoms with van der Waals surface area (Å²) in [5.74, 6) is -1.85. The van der Waals surface area contributed by atoms with E-state index in [2.05, 4.69) is 15.3 Å². The Morgan fingerprint density at radius 3 is 2.71 bits per heavy atom. The second kappa shape index (κ2) is 4.88. The van der Waals surface area contributed by atoms with E-state index in [1.165, 1.54) is 12.3 Å². The molecule has 90 valence electrons. The molecule has 2 rings (SSSR count). The highest BCUT2D eigenvalue weighted by molar-refractivity contribution is 5.93. The highest BCUT2D eigenvalue weighted by atomic mass is 16.4. The zero-order chi connectivity index (χ0) is 12.3. The molecule has 0 radical (unpaired) electrons. The van der Waals surface area contributed by atoms with Gasteiger partial charge in [-0.15, -0.1) is 0 Å². The number of carboxylic acid groups (broad SMARTS) is 1. The molecular weight excluding hydrogens is 224 g/mol. The Bertz CT molecular complexity index is 443. The van der Waals surface area contributed by atoms with Crippen LogP contribution in [0, 0.1) is 0 Å². The van der Waals surface area contributed by atoms with E-state index >= 15 is 0 Å². The van der Waals surface area contributed by atoms with Gasteiger partial charge in [0.15, 0.2) is 0 Å². The number of hydrogen-bond acceptors (Lipinski definition) is 5. The molecule has 2 heterocycles. The first kappa shape index (κ1) is 11.5. The van der Waals surface area contributed by atoms with Crippen molar-refractivity contribution >= 4 is 11.9 Å². The first-order valence-corrected chi connectivity index (χ1v) is 5.25. The second-order valence-corrected chi connectivity index (χ2v) is 3.61. The van der Waals surface area contributed by atoms with Crippen molar-refractivity contribution in [2.75, 3.05) is 26.2 Å². The molecule has 17 heavy (non-hydrogen) atoms. The van der Waals surface area contributed by atoms with Crippen molar-refractivity contribution in [3.05, 3.63) is 23.8 Å². The van der Waals surface area contributed by atoms with Gasteiger partial charge < -0.3 is 15.3 Å². The van der Waals surface area contributed by atoms with Gasteiger partial charge in [-0.05, 0) is 6.07 Å². The summed E-state index contributed by atoms with van der Waals surface area (Å²) in [5.41, 5.74) is 0.124. The molecule has 0 unspecified atom stereocenters. The van der Waals surface area contributed by atoms with Crippen LogP contribution in [0.25, 0.3) is 0 Å². The van der Waals surface area contributed by atoms with Crippen molar-refractivity contribution in [3.8, 4) is 0 Å². The van der Waals surface area contributed by atoms with E-state index in [0.717, 1.165) is 13.1 Å². The SMILES string of the molecule is O=C(O)c1nccc(C(=O)N2CCNCC2)n1. The number of aromatic nitrogens is 2. The molecule has 1 fully saturated rings. The Kier molecular flexibility index (Phi) is 3.29. The first-order chi connectivity index (χ1) is 8.18. The minimum Gasteiger partial charge on any atom is -0.475 e. The van der Waals surface area contributed by atoms with Gasteiger partial charge in [-0.3, -0.25) is 4.79 Å². The van der Waals surface area contributed by atoms with Gasteiger partial charge in [0.25, 0.3) is 5.91 Å². The van der Waals surface area contributed by atoms with Gasteiger partial charge in [-0.2, -0.15) is 0 Å². The molecular formula is C10H12N4O3. The normalized spacial score (nSPS) is 15.6. The molecule has 2 N–H and O–H groups in total. The van der Waals surface area contributed by atoms with E-state index in [-0.39, 0.29) is 17.4 Å². The third-order valence-corrected chi connectivity index (χ3v) is 2.47. The van der Waals surface area contributed by atoms with Gasteiger partial charge >= 0.3 is 5.97 Å². The quantitative estimate of drug-likeness (QED) is 0.699. The van der Waals surface area contributed by atoms with Crippen LogP contribution in [0.15, 0.2) is 12.3 Å². The molecule has 1 aromatic heterocycles. The number of carboxylic acids is 1. The van der Waals surface area contributed by atoms with Crippen LogP contribution >= 0.6 is 0 Å². The summed E-state index contributed by atoms with van der Waals surface area (Å²) in [6.45, 7) is 2.68. The number of nitrogens with zero attached hydrogens (tertiary/aromatic N) is 3. The largest absolute Gasteiger partial charge is 0.475 e. The topological polar surface area (TPSA) is 95.4 Å². The van der Waals surface area contributed by atoms with E-state index < -0.39 is 5.97 Å². The average molecular weight is 236 g/mol. The minimum atomic E-state index is -1.24. The number of hydrogen-bond donors (Lipinski definition) is 2. The number of piperazine rings is 1. The molecule has 0 aromatic carbocycles. The Hall–Kier alpha value is -2.02. The van der Waals surface area contributed by atoms with Crippen LogP contribution in [0.4, 0.5) is 0 Å². The lowest BCUT2D eigenvalue weighted by Crippen LogP contribution is -2.46. The van der Waals surface area contributed by atoms with E-state index in [9.17, 15) is 9.59 Å². The zero-order valence-electron chi connectivity index (χ0n) is 9.09. The fourth-order valence-electron chi connectivity index (χ4n) is 1.61. The molecule has 0 saturated carbocycles. The maximum absolute atomic E-state index is 12.0. The summed E-state index contributed by atoms with van der Waals surface area (Å²) in [6.07, 6.45) is 1.28. The number of nitrogens with one attached hydrogen (secondary N) is 1. The number of carbonyl (C=O) groups excluding carboxylic acids is 1. The molecule has 1 aliphatic heterocycles. The zero-order valence-corrected chi connectivity index (χ0v) is 9.09. The smallest absolute Gasteiger partial charge is 0.373 e. The number of aromatic carboxylic acids is 1. The van der Waals surface area contributed by atoms with E-state index in [4.69, 9.17) is 5.11 Å². The highest BCUT2D eigenvalue weighted by Crippen LogP contribution is 2.03. The molecule has 1 aromatic rings. The lowest BCUT2D eigenvalue weighted by atomic mass is 10.3. The molecule has 1 saturated heterocycles. The van der Waals surface area contributed by atoms with Gasteiger partial charge in [0, 0.05) is 32.4 Å². The van der Waals surface area contributed by atoms with Crippen LogP contribution < -0.4 is 5.32 Å². The van der Waals surface area contributed by atoms with Crippen LogP contribution in [0.3, 0.4) is 0 Å². The fraction of sp³-hybridized carbons (Fsp3) is 0.400. The maximum Gasteiger partial charge on any atom is 0.373 e. The van der Waals surface area contributed by atoms with E-state index in [1.54, 1.807) is 4.90 Å². The van der Waals surface area contributed by atoms with Crippen molar-refractivity contribution in [3.63, 3.8) is 0 Å². The lowest BCUT2D eigenvalue weighted by Gasteiger charge is -2.26. The molecule has 0 atom stereocenters. The molecule has 0 spiro atoms. The van der Waals surface area contributed by atoms with Crippen LogP contribution in [0.1, 0.15) is 21.1 Å². The molecule has 7 nitrogen and oxygen atoms in total. The number of amides is 1.